The number of carbonyl (C=O) groups excluding carboxylic acids is 1. The van der Waals surface area contributed by atoms with Gasteiger partial charge in [-0.25, -0.2) is 0 Å². The summed E-state index contributed by atoms with van der Waals surface area (Å²) >= 11 is 0. The first-order chi connectivity index (χ1) is 14.6. The van der Waals surface area contributed by atoms with Crippen LogP contribution >= 0.6 is 0 Å². The van der Waals surface area contributed by atoms with Crippen molar-refractivity contribution in [2.75, 3.05) is 19.5 Å². The van der Waals surface area contributed by atoms with Gasteiger partial charge in [0, 0.05) is 27.8 Å². The maximum absolute atomic E-state index is 13.0. The molecule has 6 nitrogen and oxygen atoms in total. The van der Waals surface area contributed by atoms with Gasteiger partial charge in [-0.05, 0) is 37.3 Å². The molecule has 0 saturated carbocycles. The van der Waals surface area contributed by atoms with E-state index in [-0.39, 0.29) is 11.7 Å². The van der Waals surface area contributed by atoms with Crippen LogP contribution in [0.1, 0.15) is 16.1 Å². The van der Waals surface area contributed by atoms with E-state index in [0.717, 1.165) is 27.3 Å². The highest BCUT2D eigenvalue weighted by Crippen LogP contribution is 2.37. The molecule has 2 aromatic heterocycles. The van der Waals surface area contributed by atoms with Gasteiger partial charge in [0.25, 0.3) is 5.91 Å². The second-order valence-corrected chi connectivity index (χ2v) is 7.02. The summed E-state index contributed by atoms with van der Waals surface area (Å²) in [6.07, 6.45) is 0. The zero-order valence-electron chi connectivity index (χ0n) is 16.7. The van der Waals surface area contributed by atoms with Crippen molar-refractivity contribution in [3.8, 4) is 11.5 Å². The molecule has 0 radical (unpaired) electrons. The Kier molecular flexibility index (Phi) is 4.13. The maximum atomic E-state index is 13.0. The van der Waals surface area contributed by atoms with E-state index in [1.165, 1.54) is 0 Å². The molecule has 0 fully saturated rings. The van der Waals surface area contributed by atoms with E-state index in [4.69, 9.17) is 18.3 Å². The third-order valence-corrected chi connectivity index (χ3v) is 5.30. The summed E-state index contributed by atoms with van der Waals surface area (Å²) in [6, 6.07) is 16.9. The smallest absolute Gasteiger partial charge is 0.291 e. The van der Waals surface area contributed by atoms with Crippen molar-refractivity contribution < 1.29 is 23.1 Å². The SMILES string of the molecule is COc1ccc2oc(C(=O)Nc3cc4oc5ccccc5c4cc3OC)c(C)c2c1. The van der Waals surface area contributed by atoms with Crippen LogP contribution < -0.4 is 14.8 Å². The zero-order chi connectivity index (χ0) is 20.8. The number of hydrogen-bond acceptors (Lipinski definition) is 5. The lowest BCUT2D eigenvalue weighted by molar-refractivity contribution is 0.0997. The molecule has 0 bridgehead atoms. The van der Waals surface area contributed by atoms with Gasteiger partial charge in [-0.1, -0.05) is 18.2 Å². The zero-order valence-corrected chi connectivity index (χ0v) is 16.7. The van der Waals surface area contributed by atoms with Gasteiger partial charge in [-0.15, -0.1) is 0 Å². The molecule has 30 heavy (non-hydrogen) atoms. The first-order valence-electron chi connectivity index (χ1n) is 9.47. The average molecular weight is 401 g/mol. The van der Waals surface area contributed by atoms with E-state index < -0.39 is 0 Å². The average Bonchev–Trinajstić information content (AvgIpc) is 3.29. The lowest BCUT2D eigenvalue weighted by Crippen LogP contribution is -2.12. The van der Waals surface area contributed by atoms with Crippen molar-refractivity contribution in [3.63, 3.8) is 0 Å². The van der Waals surface area contributed by atoms with Gasteiger partial charge in [0.05, 0.1) is 19.9 Å². The van der Waals surface area contributed by atoms with Gasteiger partial charge in [0.1, 0.15) is 28.2 Å². The van der Waals surface area contributed by atoms with Gasteiger partial charge < -0.3 is 23.6 Å². The molecule has 0 atom stereocenters. The van der Waals surface area contributed by atoms with Crippen molar-refractivity contribution in [2.45, 2.75) is 6.92 Å². The quantitative estimate of drug-likeness (QED) is 0.405. The molecule has 5 rings (SSSR count). The molecule has 0 aliphatic carbocycles. The van der Waals surface area contributed by atoms with Crippen LogP contribution in [0.2, 0.25) is 0 Å². The fourth-order valence-corrected chi connectivity index (χ4v) is 3.74. The number of furan rings is 2. The number of aryl methyl sites for hydroxylation is 1. The van der Waals surface area contributed by atoms with Gasteiger partial charge in [-0.3, -0.25) is 4.79 Å². The van der Waals surface area contributed by atoms with Crippen LogP contribution in [0.15, 0.2) is 63.4 Å². The number of fused-ring (bicyclic) bond motifs is 4. The van der Waals surface area contributed by atoms with Crippen LogP contribution in [0, 0.1) is 6.92 Å². The van der Waals surface area contributed by atoms with Gasteiger partial charge in [-0.2, -0.15) is 0 Å². The summed E-state index contributed by atoms with van der Waals surface area (Å²) < 4.78 is 22.5. The van der Waals surface area contributed by atoms with Gasteiger partial charge in [0.15, 0.2) is 5.76 Å². The summed E-state index contributed by atoms with van der Waals surface area (Å²) in [4.78, 5) is 13.0. The van der Waals surface area contributed by atoms with E-state index in [2.05, 4.69) is 5.32 Å². The summed E-state index contributed by atoms with van der Waals surface area (Å²) in [7, 11) is 3.17. The molecule has 6 heteroatoms. The molecule has 3 aromatic carbocycles. The topological polar surface area (TPSA) is 73.8 Å². The molecule has 0 saturated heterocycles. The fourth-order valence-electron chi connectivity index (χ4n) is 3.74. The lowest BCUT2D eigenvalue weighted by Gasteiger charge is -2.09. The van der Waals surface area contributed by atoms with Crippen molar-refractivity contribution in [2.24, 2.45) is 0 Å². The Hall–Kier alpha value is -3.93. The van der Waals surface area contributed by atoms with Crippen LogP contribution in [0.3, 0.4) is 0 Å². The summed E-state index contributed by atoms with van der Waals surface area (Å²) in [6.45, 7) is 1.85. The molecule has 0 unspecified atom stereocenters. The fraction of sp³-hybridized carbons (Fsp3) is 0.125. The van der Waals surface area contributed by atoms with E-state index >= 15 is 0 Å². The number of benzene rings is 3. The third kappa shape index (κ3) is 2.76. The van der Waals surface area contributed by atoms with Crippen molar-refractivity contribution in [1.29, 1.82) is 0 Å². The summed E-state index contributed by atoms with van der Waals surface area (Å²) in [5.41, 5.74) is 3.31. The molecule has 2 heterocycles. The van der Waals surface area contributed by atoms with Gasteiger partial charge >= 0.3 is 0 Å². The number of rotatable bonds is 4. The van der Waals surface area contributed by atoms with Crippen LogP contribution in [-0.4, -0.2) is 20.1 Å². The third-order valence-electron chi connectivity index (χ3n) is 5.30. The lowest BCUT2D eigenvalue weighted by atomic mass is 10.1. The number of para-hydroxylation sites is 1. The number of amides is 1. The van der Waals surface area contributed by atoms with Crippen molar-refractivity contribution in [1.82, 2.24) is 0 Å². The first-order valence-corrected chi connectivity index (χ1v) is 9.47. The monoisotopic (exact) mass is 401 g/mol. The van der Waals surface area contributed by atoms with E-state index in [0.29, 0.717) is 28.4 Å². The minimum absolute atomic E-state index is 0.241. The van der Waals surface area contributed by atoms with Crippen LogP contribution in [-0.2, 0) is 0 Å². The van der Waals surface area contributed by atoms with Crippen molar-refractivity contribution in [3.05, 3.63) is 65.9 Å². The highest BCUT2D eigenvalue weighted by atomic mass is 16.5. The largest absolute Gasteiger partial charge is 0.497 e. The second-order valence-electron chi connectivity index (χ2n) is 7.02. The maximum Gasteiger partial charge on any atom is 0.291 e. The Labute approximate surface area is 172 Å². The number of ether oxygens (including phenoxy) is 2. The predicted octanol–water partition coefficient (Wildman–Crippen LogP) is 5.91. The highest BCUT2D eigenvalue weighted by Gasteiger charge is 2.20. The standard InChI is InChI=1S/C24H19NO5/c1-13-16-10-14(27-2)8-9-20(16)30-23(13)24(26)25-18-12-21-17(11-22(18)28-3)15-6-4-5-7-19(15)29-21/h4-12H,1-3H3,(H,25,26). The Morgan fingerprint density at radius 3 is 2.43 bits per heavy atom. The molecule has 150 valence electrons. The molecular weight excluding hydrogens is 382 g/mol. The second kappa shape index (κ2) is 6.84. The van der Waals surface area contributed by atoms with E-state index in [1.54, 1.807) is 32.4 Å². The van der Waals surface area contributed by atoms with Crippen LogP contribution in [0.4, 0.5) is 5.69 Å². The Morgan fingerprint density at radius 1 is 0.833 bits per heavy atom. The number of carbonyl (C=O) groups is 1. The first kappa shape index (κ1) is 18.1. The number of hydrogen-bond donors (Lipinski definition) is 1. The predicted molar refractivity (Wildman–Crippen MR) is 116 cm³/mol. The molecule has 1 amide bonds. The molecule has 5 aromatic rings. The van der Waals surface area contributed by atoms with Gasteiger partial charge in [0.2, 0.25) is 0 Å². The minimum atomic E-state index is -0.364. The summed E-state index contributed by atoms with van der Waals surface area (Å²) in [5.74, 6) is 1.12. The molecule has 0 aliphatic heterocycles. The molecule has 1 N–H and O–H groups in total. The Bertz CT molecular complexity index is 1430. The number of anilines is 1. The Morgan fingerprint density at radius 2 is 1.63 bits per heavy atom. The normalized spacial score (nSPS) is 11.3. The number of methoxy groups -OCH3 is 2. The van der Waals surface area contributed by atoms with E-state index in [1.807, 2.05) is 43.3 Å². The number of nitrogens with one attached hydrogen (secondary N) is 1. The van der Waals surface area contributed by atoms with Crippen molar-refractivity contribution >= 4 is 44.5 Å². The minimum Gasteiger partial charge on any atom is -0.497 e. The van der Waals surface area contributed by atoms with Crippen LogP contribution in [0.5, 0.6) is 11.5 Å². The molecule has 0 spiro atoms. The van der Waals surface area contributed by atoms with E-state index in [9.17, 15) is 4.79 Å². The molecular formula is C24H19NO5. The van der Waals surface area contributed by atoms with Crippen LogP contribution in [0.25, 0.3) is 32.9 Å². The Balaban J connectivity index is 1.56. The highest BCUT2D eigenvalue weighted by molar-refractivity contribution is 6.10. The molecule has 0 aliphatic rings. The summed E-state index contributed by atoms with van der Waals surface area (Å²) in [5, 5.41) is 5.64.